The fourth-order valence-corrected chi connectivity index (χ4v) is 2.04. The Morgan fingerprint density at radius 2 is 1.06 bits per heavy atom. The first-order valence-corrected chi connectivity index (χ1v) is 4.42. The average Bonchev–Trinajstić information content (AvgIpc) is 2.13. The fraction of sp³-hybridized carbons (Fsp3) is 0.500. The maximum atomic E-state index is 11.1. The molecule has 0 heterocycles. The summed E-state index contributed by atoms with van der Waals surface area (Å²) in [5.74, 6) is -8.01. The summed E-state index contributed by atoms with van der Waals surface area (Å²) in [7, 11) is 0. The summed E-state index contributed by atoms with van der Waals surface area (Å²) in [6, 6.07) is 0. The predicted molar refractivity (Wildman–Crippen MR) is 47.1 cm³/mol. The second-order valence-electron chi connectivity index (χ2n) is 3.55. The SMILES string of the molecule is NOC(=O)C1C(C(=O)O)C(C(=O)O)C1C(=O)O. The van der Waals surface area contributed by atoms with Crippen molar-refractivity contribution in [2.24, 2.45) is 29.6 Å². The summed E-state index contributed by atoms with van der Waals surface area (Å²) in [4.78, 5) is 47.2. The van der Waals surface area contributed by atoms with Crippen LogP contribution in [0.5, 0.6) is 0 Å². The molecule has 0 saturated heterocycles. The number of aliphatic carboxylic acids is 3. The summed E-state index contributed by atoms with van der Waals surface area (Å²) in [5.41, 5.74) is 0. The molecule has 94 valence electrons. The van der Waals surface area contributed by atoms with E-state index >= 15 is 0 Å². The highest BCUT2D eigenvalue weighted by atomic mass is 16.7. The van der Waals surface area contributed by atoms with Crippen LogP contribution in [-0.4, -0.2) is 39.2 Å². The lowest BCUT2D eigenvalue weighted by atomic mass is 9.56. The van der Waals surface area contributed by atoms with Crippen molar-refractivity contribution >= 4 is 23.9 Å². The quantitative estimate of drug-likeness (QED) is 0.416. The lowest BCUT2D eigenvalue weighted by molar-refractivity contribution is -0.194. The Kier molecular flexibility index (Phi) is 3.32. The molecule has 0 radical (unpaired) electrons. The Morgan fingerprint density at radius 3 is 1.29 bits per heavy atom. The number of carbonyl (C=O) groups is 4. The molecule has 0 aliphatic heterocycles. The van der Waals surface area contributed by atoms with Crippen LogP contribution in [0.3, 0.4) is 0 Å². The first-order valence-electron chi connectivity index (χ1n) is 4.42. The third kappa shape index (κ3) is 1.91. The molecular formula is C8H9NO8. The number of carboxylic acids is 3. The molecule has 1 rings (SSSR count). The molecule has 1 aliphatic carbocycles. The third-order valence-corrected chi connectivity index (χ3v) is 2.79. The highest BCUT2D eigenvalue weighted by Gasteiger charge is 2.64. The zero-order valence-corrected chi connectivity index (χ0v) is 8.27. The first-order chi connectivity index (χ1) is 7.82. The van der Waals surface area contributed by atoms with Gasteiger partial charge in [-0.2, -0.15) is 5.90 Å². The summed E-state index contributed by atoms with van der Waals surface area (Å²) < 4.78 is 0. The van der Waals surface area contributed by atoms with E-state index in [0.717, 1.165) is 0 Å². The molecule has 0 aromatic heterocycles. The number of hydrogen-bond acceptors (Lipinski definition) is 6. The van der Waals surface area contributed by atoms with Crippen LogP contribution in [0.15, 0.2) is 0 Å². The van der Waals surface area contributed by atoms with Gasteiger partial charge in [-0.25, -0.2) is 0 Å². The molecule has 1 aliphatic rings. The zero-order chi connectivity index (χ0) is 13.3. The molecular weight excluding hydrogens is 238 g/mol. The lowest BCUT2D eigenvalue weighted by Crippen LogP contribution is -2.60. The van der Waals surface area contributed by atoms with Crippen molar-refractivity contribution in [2.75, 3.05) is 0 Å². The summed E-state index contributed by atoms with van der Waals surface area (Å²) in [6.45, 7) is 0. The van der Waals surface area contributed by atoms with Gasteiger partial charge in [0.25, 0.3) is 0 Å². The van der Waals surface area contributed by atoms with E-state index < -0.39 is 47.5 Å². The summed E-state index contributed by atoms with van der Waals surface area (Å²) >= 11 is 0. The lowest BCUT2D eigenvalue weighted by Gasteiger charge is -2.42. The van der Waals surface area contributed by atoms with E-state index in [1.807, 2.05) is 0 Å². The molecule has 1 fully saturated rings. The zero-order valence-electron chi connectivity index (χ0n) is 8.27. The Morgan fingerprint density at radius 1 is 0.765 bits per heavy atom. The average molecular weight is 247 g/mol. The molecule has 0 amide bonds. The van der Waals surface area contributed by atoms with Gasteiger partial charge in [-0.15, -0.1) is 0 Å². The summed E-state index contributed by atoms with van der Waals surface area (Å²) in [5, 5.41) is 26.3. The largest absolute Gasteiger partial charge is 0.481 e. The minimum Gasteiger partial charge on any atom is -0.481 e. The molecule has 0 aromatic carbocycles. The number of nitrogens with two attached hydrogens (primary N) is 1. The number of rotatable bonds is 4. The Labute approximate surface area is 93.7 Å². The van der Waals surface area contributed by atoms with E-state index in [0.29, 0.717) is 0 Å². The Bertz CT molecular complexity index is 369. The second-order valence-corrected chi connectivity index (χ2v) is 3.55. The van der Waals surface area contributed by atoms with Gasteiger partial charge < -0.3 is 20.2 Å². The second kappa shape index (κ2) is 4.37. The molecule has 0 spiro atoms. The number of hydrogen-bond donors (Lipinski definition) is 4. The maximum Gasteiger partial charge on any atom is 0.329 e. The van der Waals surface area contributed by atoms with Gasteiger partial charge in [0.2, 0.25) is 0 Å². The van der Waals surface area contributed by atoms with Crippen LogP contribution in [-0.2, 0) is 24.0 Å². The van der Waals surface area contributed by atoms with E-state index in [1.165, 1.54) is 0 Å². The van der Waals surface area contributed by atoms with Crippen LogP contribution < -0.4 is 5.90 Å². The van der Waals surface area contributed by atoms with Crippen molar-refractivity contribution in [1.82, 2.24) is 0 Å². The van der Waals surface area contributed by atoms with E-state index in [2.05, 4.69) is 10.7 Å². The molecule has 2 atom stereocenters. The number of carbonyl (C=O) groups excluding carboxylic acids is 1. The summed E-state index contributed by atoms with van der Waals surface area (Å²) in [6.07, 6.45) is 0. The molecule has 9 heteroatoms. The Balaban J connectivity index is 3.08. The molecule has 5 N–H and O–H groups in total. The van der Waals surface area contributed by atoms with E-state index in [1.54, 1.807) is 0 Å². The van der Waals surface area contributed by atoms with Gasteiger partial charge >= 0.3 is 23.9 Å². The molecule has 1 saturated carbocycles. The smallest absolute Gasteiger partial charge is 0.329 e. The van der Waals surface area contributed by atoms with Crippen molar-refractivity contribution in [3.8, 4) is 0 Å². The monoisotopic (exact) mass is 247 g/mol. The Hall–Kier alpha value is -2.16. The molecule has 0 aromatic rings. The first kappa shape index (κ1) is 12.9. The maximum absolute atomic E-state index is 11.1. The minimum absolute atomic E-state index is 1.25. The molecule has 2 unspecified atom stereocenters. The van der Waals surface area contributed by atoms with Crippen LogP contribution in [0, 0.1) is 23.7 Å². The van der Waals surface area contributed by atoms with Gasteiger partial charge in [-0.3, -0.25) is 19.2 Å². The van der Waals surface area contributed by atoms with Crippen LogP contribution in [0.1, 0.15) is 0 Å². The molecule has 17 heavy (non-hydrogen) atoms. The van der Waals surface area contributed by atoms with Crippen LogP contribution in [0.4, 0.5) is 0 Å². The van der Waals surface area contributed by atoms with Gasteiger partial charge in [0.15, 0.2) is 0 Å². The van der Waals surface area contributed by atoms with Crippen molar-refractivity contribution in [3.63, 3.8) is 0 Å². The van der Waals surface area contributed by atoms with Crippen LogP contribution in [0.2, 0.25) is 0 Å². The van der Waals surface area contributed by atoms with Gasteiger partial charge in [0.05, 0.1) is 23.7 Å². The molecule has 0 bridgehead atoms. The van der Waals surface area contributed by atoms with E-state index in [4.69, 9.17) is 15.3 Å². The predicted octanol–water partition coefficient (Wildman–Crippen LogP) is -1.86. The van der Waals surface area contributed by atoms with Gasteiger partial charge in [-0.05, 0) is 0 Å². The van der Waals surface area contributed by atoms with Gasteiger partial charge in [0, 0.05) is 0 Å². The minimum atomic E-state index is -1.67. The standard InChI is InChI=1S/C8H9NO8/c9-17-8(16)4-2(6(12)13)1(5(10)11)3(4)7(14)15/h1-4H,9H2,(H,10,11)(H,12,13)(H,14,15). The highest BCUT2D eigenvalue weighted by molar-refractivity contribution is 5.96. The van der Waals surface area contributed by atoms with E-state index in [-0.39, 0.29) is 0 Å². The highest BCUT2D eigenvalue weighted by Crippen LogP contribution is 2.47. The van der Waals surface area contributed by atoms with Gasteiger partial charge in [-0.1, -0.05) is 0 Å². The van der Waals surface area contributed by atoms with Crippen LogP contribution >= 0.6 is 0 Å². The topological polar surface area (TPSA) is 164 Å². The normalized spacial score (nSPS) is 31.1. The third-order valence-electron chi connectivity index (χ3n) is 2.79. The van der Waals surface area contributed by atoms with Crippen molar-refractivity contribution in [3.05, 3.63) is 0 Å². The fourth-order valence-electron chi connectivity index (χ4n) is 2.04. The van der Waals surface area contributed by atoms with Crippen molar-refractivity contribution < 1.29 is 39.3 Å². The van der Waals surface area contributed by atoms with Crippen molar-refractivity contribution in [1.29, 1.82) is 0 Å². The van der Waals surface area contributed by atoms with Crippen molar-refractivity contribution in [2.45, 2.75) is 0 Å². The molecule has 9 nitrogen and oxygen atoms in total. The van der Waals surface area contributed by atoms with Gasteiger partial charge in [0.1, 0.15) is 0 Å². The van der Waals surface area contributed by atoms with Crippen LogP contribution in [0.25, 0.3) is 0 Å². The van der Waals surface area contributed by atoms with E-state index in [9.17, 15) is 19.2 Å². The number of carboxylic acid groups (broad SMARTS) is 3.